The van der Waals surface area contributed by atoms with E-state index >= 15 is 0 Å². The van der Waals surface area contributed by atoms with Crippen LogP contribution in [0.15, 0.2) is 11.4 Å². The molecule has 3 heterocycles. The summed E-state index contributed by atoms with van der Waals surface area (Å²) in [4.78, 5) is 16.8. The largest absolute Gasteiger partial charge is 0.467 e. The Balaban J connectivity index is 1.84. The molecule has 2 aromatic rings. The van der Waals surface area contributed by atoms with Crippen molar-refractivity contribution in [3.8, 4) is 6.01 Å². The van der Waals surface area contributed by atoms with Gasteiger partial charge in [0.05, 0.1) is 7.11 Å². The molecule has 0 aliphatic carbocycles. The van der Waals surface area contributed by atoms with Crippen molar-refractivity contribution in [2.24, 2.45) is 0 Å². The van der Waals surface area contributed by atoms with Crippen LogP contribution in [-0.4, -0.2) is 35.2 Å². The minimum atomic E-state index is 0.356. The number of nitrogens with one attached hydrogen (secondary N) is 1. The van der Waals surface area contributed by atoms with Gasteiger partial charge in [0.1, 0.15) is 0 Å². The molecular weight excluding hydrogens is 286 g/mol. The van der Waals surface area contributed by atoms with Gasteiger partial charge in [-0.25, -0.2) is 0 Å². The molecular formula is C14H19N5OS. The van der Waals surface area contributed by atoms with Gasteiger partial charge in [0.15, 0.2) is 0 Å². The molecule has 0 radical (unpaired) electrons. The van der Waals surface area contributed by atoms with Crippen molar-refractivity contribution < 1.29 is 4.74 Å². The summed E-state index contributed by atoms with van der Waals surface area (Å²) >= 11 is 1.83. The molecule has 1 N–H and O–H groups in total. The molecule has 0 aromatic carbocycles. The van der Waals surface area contributed by atoms with Gasteiger partial charge in [-0.2, -0.15) is 15.0 Å². The van der Waals surface area contributed by atoms with Gasteiger partial charge in [-0.05, 0) is 29.9 Å². The van der Waals surface area contributed by atoms with Crippen LogP contribution >= 0.6 is 11.3 Å². The monoisotopic (exact) mass is 305 g/mol. The summed E-state index contributed by atoms with van der Waals surface area (Å²) in [5.74, 6) is 1.26. The van der Waals surface area contributed by atoms with Crippen LogP contribution in [0.5, 0.6) is 6.01 Å². The Morgan fingerprint density at radius 2 is 2.29 bits per heavy atom. The van der Waals surface area contributed by atoms with Crippen LogP contribution in [0.25, 0.3) is 0 Å². The summed E-state index contributed by atoms with van der Waals surface area (Å²) in [6.45, 7) is 4.71. The molecule has 0 unspecified atom stereocenters. The van der Waals surface area contributed by atoms with Gasteiger partial charge in [0.2, 0.25) is 11.9 Å². The third-order valence-electron chi connectivity index (χ3n) is 3.41. The number of nitrogens with zero attached hydrogens (tertiary/aromatic N) is 4. The predicted octanol–water partition coefficient (Wildman–Crippen LogP) is 2.33. The van der Waals surface area contributed by atoms with E-state index in [-0.39, 0.29) is 0 Å². The van der Waals surface area contributed by atoms with Crippen LogP contribution < -0.4 is 15.0 Å². The fraction of sp³-hybridized carbons (Fsp3) is 0.500. The van der Waals surface area contributed by atoms with Gasteiger partial charge in [-0.1, -0.05) is 6.92 Å². The SMILES string of the molecule is CCCNc1nc(OC)nc(N2CCc3sccc3C2)n1. The molecule has 0 bridgehead atoms. The van der Waals surface area contributed by atoms with E-state index in [1.165, 1.54) is 10.4 Å². The van der Waals surface area contributed by atoms with E-state index in [4.69, 9.17) is 4.74 Å². The summed E-state index contributed by atoms with van der Waals surface area (Å²) in [5, 5.41) is 5.35. The molecule has 0 spiro atoms. The maximum absolute atomic E-state index is 5.19. The first-order valence-corrected chi connectivity index (χ1v) is 8.02. The smallest absolute Gasteiger partial charge is 0.322 e. The molecule has 112 valence electrons. The topological polar surface area (TPSA) is 63.2 Å². The third kappa shape index (κ3) is 3.07. The van der Waals surface area contributed by atoms with E-state index in [0.717, 1.165) is 32.5 Å². The molecule has 7 heteroatoms. The summed E-state index contributed by atoms with van der Waals surface area (Å²) in [6, 6.07) is 2.54. The first kappa shape index (κ1) is 14.1. The number of anilines is 2. The van der Waals surface area contributed by atoms with E-state index in [9.17, 15) is 0 Å². The summed E-state index contributed by atoms with van der Waals surface area (Å²) in [6.07, 6.45) is 2.06. The van der Waals surface area contributed by atoms with Crippen molar-refractivity contribution in [3.05, 3.63) is 21.9 Å². The van der Waals surface area contributed by atoms with Crippen LogP contribution in [0.3, 0.4) is 0 Å². The van der Waals surface area contributed by atoms with Crippen LogP contribution in [-0.2, 0) is 13.0 Å². The highest BCUT2D eigenvalue weighted by atomic mass is 32.1. The molecule has 0 amide bonds. The highest BCUT2D eigenvalue weighted by Gasteiger charge is 2.20. The van der Waals surface area contributed by atoms with Gasteiger partial charge < -0.3 is 15.0 Å². The zero-order valence-electron chi connectivity index (χ0n) is 12.3. The van der Waals surface area contributed by atoms with Crippen molar-refractivity contribution >= 4 is 23.2 Å². The van der Waals surface area contributed by atoms with Gasteiger partial charge in [0, 0.05) is 24.5 Å². The van der Waals surface area contributed by atoms with Crippen molar-refractivity contribution in [3.63, 3.8) is 0 Å². The van der Waals surface area contributed by atoms with Gasteiger partial charge >= 0.3 is 6.01 Å². The molecule has 3 rings (SSSR count). The summed E-state index contributed by atoms with van der Waals surface area (Å²) in [5.41, 5.74) is 1.37. The molecule has 0 atom stereocenters. The summed E-state index contributed by atoms with van der Waals surface area (Å²) < 4.78 is 5.19. The van der Waals surface area contributed by atoms with E-state index in [2.05, 4.69) is 43.5 Å². The number of fused-ring (bicyclic) bond motifs is 1. The van der Waals surface area contributed by atoms with E-state index in [1.807, 2.05) is 11.3 Å². The number of aromatic nitrogens is 3. The maximum atomic E-state index is 5.19. The number of hydrogen-bond donors (Lipinski definition) is 1. The molecule has 2 aromatic heterocycles. The van der Waals surface area contributed by atoms with Crippen LogP contribution in [0.2, 0.25) is 0 Å². The number of hydrogen-bond acceptors (Lipinski definition) is 7. The van der Waals surface area contributed by atoms with Crippen LogP contribution in [0.1, 0.15) is 23.8 Å². The van der Waals surface area contributed by atoms with Crippen molar-refractivity contribution in [1.82, 2.24) is 15.0 Å². The number of ether oxygens (including phenoxy) is 1. The average molecular weight is 305 g/mol. The predicted molar refractivity (Wildman–Crippen MR) is 84.2 cm³/mol. The number of thiophene rings is 1. The minimum Gasteiger partial charge on any atom is -0.467 e. The number of rotatable bonds is 5. The summed E-state index contributed by atoms with van der Waals surface area (Å²) in [7, 11) is 1.58. The first-order valence-electron chi connectivity index (χ1n) is 7.14. The lowest BCUT2D eigenvalue weighted by Gasteiger charge is -2.27. The number of methoxy groups -OCH3 is 1. The Labute approximate surface area is 128 Å². The maximum Gasteiger partial charge on any atom is 0.322 e. The Morgan fingerprint density at radius 1 is 1.38 bits per heavy atom. The fourth-order valence-corrected chi connectivity index (χ4v) is 3.20. The van der Waals surface area contributed by atoms with Gasteiger partial charge in [-0.3, -0.25) is 0 Å². The Kier molecular flexibility index (Phi) is 4.19. The standard InChI is InChI=1S/C14H19N5OS/c1-3-6-15-12-16-13(18-14(17-12)20-2)19-7-4-11-10(9-19)5-8-21-11/h5,8H,3-4,6-7,9H2,1-2H3,(H,15,16,17,18). The quantitative estimate of drug-likeness (QED) is 0.914. The lowest BCUT2D eigenvalue weighted by molar-refractivity contribution is 0.378. The zero-order valence-corrected chi connectivity index (χ0v) is 13.1. The van der Waals surface area contributed by atoms with Crippen molar-refractivity contribution in [2.75, 3.05) is 30.4 Å². The average Bonchev–Trinajstić information content (AvgIpc) is 3.00. The Bertz CT molecular complexity index is 615. The normalized spacial score (nSPS) is 13.9. The van der Waals surface area contributed by atoms with E-state index in [0.29, 0.717) is 17.9 Å². The van der Waals surface area contributed by atoms with Crippen LogP contribution in [0, 0.1) is 0 Å². The van der Waals surface area contributed by atoms with E-state index in [1.54, 1.807) is 7.11 Å². The zero-order chi connectivity index (χ0) is 14.7. The molecule has 1 aliphatic rings. The molecule has 0 saturated heterocycles. The molecule has 21 heavy (non-hydrogen) atoms. The Hall–Kier alpha value is -1.89. The second-order valence-electron chi connectivity index (χ2n) is 4.91. The van der Waals surface area contributed by atoms with Crippen molar-refractivity contribution in [2.45, 2.75) is 26.3 Å². The minimum absolute atomic E-state index is 0.356. The lowest BCUT2D eigenvalue weighted by Crippen LogP contribution is -2.31. The fourth-order valence-electron chi connectivity index (χ4n) is 2.31. The highest BCUT2D eigenvalue weighted by Crippen LogP contribution is 2.27. The van der Waals surface area contributed by atoms with Gasteiger partial charge in [-0.15, -0.1) is 11.3 Å². The lowest BCUT2D eigenvalue weighted by atomic mass is 10.1. The molecule has 0 saturated carbocycles. The van der Waals surface area contributed by atoms with E-state index < -0.39 is 0 Å². The van der Waals surface area contributed by atoms with Gasteiger partial charge in [0.25, 0.3) is 0 Å². The van der Waals surface area contributed by atoms with Crippen LogP contribution in [0.4, 0.5) is 11.9 Å². The first-order chi connectivity index (χ1) is 10.3. The molecule has 0 fully saturated rings. The molecule has 6 nitrogen and oxygen atoms in total. The second kappa shape index (κ2) is 6.26. The highest BCUT2D eigenvalue weighted by molar-refractivity contribution is 7.10. The van der Waals surface area contributed by atoms with Crippen molar-refractivity contribution in [1.29, 1.82) is 0 Å². The Morgan fingerprint density at radius 3 is 3.10 bits per heavy atom. The third-order valence-corrected chi connectivity index (χ3v) is 4.43. The molecule has 1 aliphatic heterocycles. The second-order valence-corrected chi connectivity index (χ2v) is 5.91.